The quantitative estimate of drug-likeness (QED) is 0.839. The standard InChI is InChI=1S/C15H17N5O/c1-3-7-15(2)19-14(21)12-5-4-11(9-20(12)15)18-13-6-8-16-10-17-13/h4-6,8-10H,3,7H2,1-2H3,(H-,16,17,18,19,21)/p+1. The van der Waals surface area contributed by atoms with E-state index in [1.165, 1.54) is 6.33 Å². The third-order valence-corrected chi connectivity index (χ3v) is 3.69. The third-order valence-electron chi connectivity index (χ3n) is 3.69. The van der Waals surface area contributed by atoms with E-state index in [4.69, 9.17) is 0 Å². The van der Waals surface area contributed by atoms with Gasteiger partial charge in [-0.1, -0.05) is 6.92 Å². The highest BCUT2D eigenvalue weighted by molar-refractivity contribution is 5.92. The van der Waals surface area contributed by atoms with E-state index >= 15 is 0 Å². The molecule has 2 aromatic rings. The van der Waals surface area contributed by atoms with Gasteiger partial charge in [-0.25, -0.2) is 9.97 Å². The summed E-state index contributed by atoms with van der Waals surface area (Å²) in [7, 11) is 0. The van der Waals surface area contributed by atoms with Crippen LogP contribution in [0.4, 0.5) is 11.5 Å². The highest BCUT2D eigenvalue weighted by atomic mass is 16.2. The summed E-state index contributed by atoms with van der Waals surface area (Å²) in [6.45, 7) is 4.15. The molecule has 2 aromatic heterocycles. The predicted octanol–water partition coefficient (Wildman–Crippen LogP) is 1.72. The molecule has 0 aliphatic carbocycles. The summed E-state index contributed by atoms with van der Waals surface area (Å²) in [4.78, 5) is 20.1. The van der Waals surface area contributed by atoms with E-state index in [-0.39, 0.29) is 11.6 Å². The normalized spacial score (nSPS) is 20.0. The summed E-state index contributed by atoms with van der Waals surface area (Å²) in [6.07, 6.45) is 7.00. The summed E-state index contributed by atoms with van der Waals surface area (Å²) in [6, 6.07) is 5.51. The Kier molecular flexibility index (Phi) is 3.29. The van der Waals surface area contributed by atoms with E-state index in [2.05, 4.69) is 27.5 Å². The molecule has 1 unspecified atom stereocenters. The van der Waals surface area contributed by atoms with E-state index in [0.717, 1.165) is 24.3 Å². The zero-order valence-corrected chi connectivity index (χ0v) is 12.1. The molecule has 21 heavy (non-hydrogen) atoms. The van der Waals surface area contributed by atoms with Crippen molar-refractivity contribution in [1.82, 2.24) is 15.3 Å². The van der Waals surface area contributed by atoms with Crippen LogP contribution in [0.1, 0.15) is 37.2 Å². The third kappa shape index (κ3) is 2.44. The number of rotatable bonds is 4. The lowest BCUT2D eigenvalue weighted by Gasteiger charge is -2.18. The van der Waals surface area contributed by atoms with Crippen LogP contribution in [0.5, 0.6) is 0 Å². The Bertz CT molecular complexity index is 673. The van der Waals surface area contributed by atoms with Crippen molar-refractivity contribution < 1.29 is 9.36 Å². The molecule has 0 aromatic carbocycles. The maximum Gasteiger partial charge on any atom is 0.321 e. The van der Waals surface area contributed by atoms with Gasteiger partial charge < -0.3 is 5.32 Å². The van der Waals surface area contributed by atoms with Gasteiger partial charge in [0, 0.05) is 25.6 Å². The van der Waals surface area contributed by atoms with Gasteiger partial charge in [0.25, 0.3) is 5.69 Å². The molecule has 0 radical (unpaired) electrons. The Morgan fingerprint density at radius 3 is 2.95 bits per heavy atom. The number of fused-ring (bicyclic) bond motifs is 1. The number of hydrogen-bond donors (Lipinski definition) is 2. The molecular formula is C15H18N5O+. The second-order valence-corrected chi connectivity index (χ2v) is 5.37. The molecule has 0 saturated heterocycles. The number of pyridine rings is 1. The molecule has 3 rings (SSSR count). The average Bonchev–Trinajstić information content (AvgIpc) is 2.72. The minimum Gasteiger partial charge on any atom is -0.335 e. The number of hydrogen-bond acceptors (Lipinski definition) is 4. The molecule has 0 spiro atoms. The summed E-state index contributed by atoms with van der Waals surface area (Å²) >= 11 is 0. The molecule has 1 aliphatic rings. The molecule has 2 N–H and O–H groups in total. The highest BCUT2D eigenvalue weighted by Crippen LogP contribution is 2.21. The maximum absolute atomic E-state index is 12.1. The number of carbonyl (C=O) groups excluding carboxylic acids is 1. The summed E-state index contributed by atoms with van der Waals surface area (Å²) < 4.78 is 2.00. The van der Waals surface area contributed by atoms with Gasteiger partial charge in [0.05, 0.1) is 0 Å². The SMILES string of the molecule is CCCC1(C)NC(=O)c2ccc(Nc3ccncn3)c[n+]21. The van der Waals surface area contributed by atoms with Crippen molar-refractivity contribution >= 4 is 17.4 Å². The Balaban J connectivity index is 1.95. The summed E-state index contributed by atoms with van der Waals surface area (Å²) in [5.41, 5.74) is 1.19. The Hall–Kier alpha value is -2.50. The largest absolute Gasteiger partial charge is 0.335 e. The number of nitrogens with zero attached hydrogens (tertiary/aromatic N) is 3. The molecule has 108 valence electrons. The molecule has 0 fully saturated rings. The smallest absolute Gasteiger partial charge is 0.321 e. The first kappa shape index (κ1) is 13.5. The second-order valence-electron chi connectivity index (χ2n) is 5.37. The fraction of sp³-hybridized carbons (Fsp3) is 0.333. The molecule has 0 saturated carbocycles. The van der Waals surface area contributed by atoms with Gasteiger partial charge in [0.2, 0.25) is 5.66 Å². The van der Waals surface area contributed by atoms with Crippen LogP contribution in [-0.4, -0.2) is 15.9 Å². The average molecular weight is 284 g/mol. The lowest BCUT2D eigenvalue weighted by atomic mass is 10.1. The zero-order valence-electron chi connectivity index (χ0n) is 12.1. The first-order valence-corrected chi connectivity index (χ1v) is 7.04. The second kappa shape index (κ2) is 5.12. The van der Waals surface area contributed by atoms with Gasteiger partial charge >= 0.3 is 5.91 Å². The van der Waals surface area contributed by atoms with E-state index in [1.807, 2.05) is 29.8 Å². The van der Waals surface area contributed by atoms with Crippen molar-refractivity contribution in [2.75, 3.05) is 5.32 Å². The summed E-state index contributed by atoms with van der Waals surface area (Å²) in [5, 5.41) is 6.28. The minimum absolute atomic E-state index is 0.0282. The van der Waals surface area contributed by atoms with Crippen LogP contribution in [0.2, 0.25) is 0 Å². The monoisotopic (exact) mass is 284 g/mol. The van der Waals surface area contributed by atoms with Crippen LogP contribution in [0, 0.1) is 0 Å². The number of amides is 1. The molecule has 6 nitrogen and oxygen atoms in total. The van der Waals surface area contributed by atoms with E-state index in [0.29, 0.717) is 5.69 Å². The van der Waals surface area contributed by atoms with Gasteiger partial charge in [-0.2, -0.15) is 4.57 Å². The van der Waals surface area contributed by atoms with E-state index in [9.17, 15) is 4.79 Å². The fourth-order valence-electron chi connectivity index (χ4n) is 2.72. The number of anilines is 2. The molecule has 1 atom stereocenters. The highest BCUT2D eigenvalue weighted by Gasteiger charge is 2.46. The Labute approximate surface area is 123 Å². The van der Waals surface area contributed by atoms with Crippen molar-refractivity contribution in [2.45, 2.75) is 32.4 Å². The van der Waals surface area contributed by atoms with E-state index in [1.54, 1.807) is 12.3 Å². The molecule has 3 heterocycles. The van der Waals surface area contributed by atoms with Crippen LogP contribution in [0.3, 0.4) is 0 Å². The number of carbonyl (C=O) groups is 1. The molecular weight excluding hydrogens is 266 g/mol. The van der Waals surface area contributed by atoms with Crippen LogP contribution in [-0.2, 0) is 5.66 Å². The van der Waals surface area contributed by atoms with Gasteiger partial charge in [-0.05, 0) is 18.6 Å². The predicted molar refractivity (Wildman–Crippen MR) is 78.0 cm³/mol. The van der Waals surface area contributed by atoms with Crippen molar-refractivity contribution in [1.29, 1.82) is 0 Å². The number of nitrogens with one attached hydrogen (secondary N) is 2. The van der Waals surface area contributed by atoms with Crippen molar-refractivity contribution in [2.24, 2.45) is 0 Å². The van der Waals surface area contributed by atoms with Gasteiger partial charge in [0.15, 0.2) is 6.20 Å². The first-order chi connectivity index (χ1) is 10.1. The minimum atomic E-state index is -0.371. The lowest BCUT2D eigenvalue weighted by Crippen LogP contribution is -2.57. The zero-order chi connectivity index (χ0) is 14.9. The topological polar surface area (TPSA) is 70.8 Å². The van der Waals surface area contributed by atoms with Crippen LogP contribution in [0.15, 0.2) is 36.9 Å². The van der Waals surface area contributed by atoms with Gasteiger partial charge in [-0.3, -0.25) is 10.1 Å². The fourth-order valence-corrected chi connectivity index (χ4v) is 2.72. The molecule has 1 aliphatic heterocycles. The summed E-state index contributed by atoms with van der Waals surface area (Å²) in [5.74, 6) is 0.694. The first-order valence-electron chi connectivity index (χ1n) is 7.04. The maximum atomic E-state index is 12.1. The molecule has 1 amide bonds. The van der Waals surface area contributed by atoms with Gasteiger partial charge in [0.1, 0.15) is 17.8 Å². The Morgan fingerprint density at radius 1 is 1.38 bits per heavy atom. The van der Waals surface area contributed by atoms with Crippen LogP contribution < -0.4 is 15.2 Å². The number of aromatic nitrogens is 3. The van der Waals surface area contributed by atoms with Crippen molar-refractivity contribution in [3.63, 3.8) is 0 Å². The lowest BCUT2D eigenvalue weighted by molar-refractivity contribution is -0.758. The van der Waals surface area contributed by atoms with Crippen LogP contribution in [0.25, 0.3) is 0 Å². The van der Waals surface area contributed by atoms with Crippen molar-refractivity contribution in [3.8, 4) is 0 Å². The van der Waals surface area contributed by atoms with Crippen LogP contribution >= 0.6 is 0 Å². The van der Waals surface area contributed by atoms with E-state index < -0.39 is 0 Å². The molecule has 6 heteroatoms. The Morgan fingerprint density at radius 2 is 2.24 bits per heavy atom. The van der Waals surface area contributed by atoms with Gasteiger partial charge in [-0.15, -0.1) is 0 Å². The van der Waals surface area contributed by atoms with Crippen molar-refractivity contribution in [3.05, 3.63) is 42.6 Å². The molecule has 0 bridgehead atoms.